The minimum Gasteiger partial charge on any atom is -0.478 e. The van der Waals surface area contributed by atoms with Crippen LogP contribution >= 0.6 is 0 Å². The van der Waals surface area contributed by atoms with Gasteiger partial charge < -0.3 is 5.11 Å². The molecule has 0 radical (unpaired) electrons. The first-order valence-corrected chi connectivity index (χ1v) is 7.49. The molecule has 0 heterocycles. The molecule has 1 aromatic rings. The van der Waals surface area contributed by atoms with Gasteiger partial charge in [0.1, 0.15) is 0 Å². The normalized spacial score (nSPS) is 12.9. The molecular weight excluding hydrogens is 298 g/mol. The summed E-state index contributed by atoms with van der Waals surface area (Å²) in [6, 6.07) is 4.23. The minimum absolute atomic E-state index is 0.109. The van der Waals surface area contributed by atoms with Crippen molar-refractivity contribution in [1.82, 2.24) is 0 Å². The highest BCUT2D eigenvalue weighted by Gasteiger charge is 2.19. The van der Waals surface area contributed by atoms with Crippen molar-refractivity contribution in [2.45, 2.75) is 6.92 Å². The number of hydrogen-bond donors (Lipinski definition) is 3. The fourth-order valence-corrected chi connectivity index (χ4v) is 2.75. The number of nitrogens with one attached hydrogen (secondary N) is 1. The number of benzene rings is 1. The monoisotopic (exact) mass is 309 g/mol. The van der Waals surface area contributed by atoms with Crippen LogP contribution in [0.2, 0.25) is 0 Å². The second-order valence-electron chi connectivity index (χ2n) is 3.47. The van der Waals surface area contributed by atoms with Crippen LogP contribution in [0.15, 0.2) is 18.2 Å². The Morgan fingerprint density at radius 3 is 2.63 bits per heavy atom. The van der Waals surface area contributed by atoms with E-state index in [9.17, 15) is 17.4 Å². The Morgan fingerprint density at radius 2 is 2.11 bits per heavy atom. The number of para-hydroxylation sites is 1. The molecule has 0 aromatic heterocycles. The van der Waals surface area contributed by atoms with Gasteiger partial charge >= 0.3 is 17.3 Å². The first-order valence-electron chi connectivity index (χ1n) is 4.80. The van der Waals surface area contributed by atoms with E-state index in [1.165, 1.54) is 25.1 Å². The number of aryl methyl sites for hydroxylation is 1. The van der Waals surface area contributed by atoms with Crippen molar-refractivity contribution in [1.29, 1.82) is 0 Å². The number of sulfonamides is 1. The molecule has 106 valence electrons. The number of anilines is 1. The van der Waals surface area contributed by atoms with Gasteiger partial charge in [-0.2, -0.15) is 4.21 Å². The van der Waals surface area contributed by atoms with Gasteiger partial charge in [-0.3, -0.25) is 13.5 Å². The number of carbonyl (C=O) groups is 1. The molecule has 0 aliphatic carbocycles. The predicted octanol–water partition coefficient (Wildman–Crippen LogP) is 0.546. The SMILES string of the molecule is Cc1cccc(C(=O)O)c1NS(=O)(=O)COS(=O)O. The molecule has 1 unspecified atom stereocenters. The van der Waals surface area contributed by atoms with Crippen LogP contribution in [0.4, 0.5) is 5.69 Å². The summed E-state index contributed by atoms with van der Waals surface area (Å²) >= 11 is -2.73. The lowest BCUT2D eigenvalue weighted by molar-refractivity contribution is 0.0698. The van der Waals surface area contributed by atoms with Gasteiger partial charge in [-0.15, -0.1) is 0 Å². The highest BCUT2D eigenvalue weighted by molar-refractivity contribution is 7.92. The standard InChI is InChI=1S/C9H11NO7S2/c1-6-3-2-4-7(9(11)12)8(6)10-19(15,16)5-17-18(13)14/h2-4,10H,5H2,1H3,(H,11,12)(H,13,14). The molecule has 1 aromatic carbocycles. The zero-order chi connectivity index (χ0) is 14.6. The average molecular weight is 309 g/mol. The van der Waals surface area contributed by atoms with Crippen LogP contribution < -0.4 is 4.72 Å². The summed E-state index contributed by atoms with van der Waals surface area (Å²) in [7, 11) is -4.10. The third-order valence-electron chi connectivity index (χ3n) is 2.06. The summed E-state index contributed by atoms with van der Waals surface area (Å²) in [5.41, 5.74) is 0.0598. The molecule has 0 aliphatic heterocycles. The lowest BCUT2D eigenvalue weighted by Crippen LogP contribution is -2.21. The Bertz CT molecular complexity index is 611. The van der Waals surface area contributed by atoms with Crippen molar-refractivity contribution in [3.63, 3.8) is 0 Å². The van der Waals surface area contributed by atoms with E-state index in [4.69, 9.17) is 9.66 Å². The fourth-order valence-electron chi connectivity index (χ4n) is 1.27. The quantitative estimate of drug-likeness (QED) is 0.654. The average Bonchev–Trinajstić information content (AvgIpc) is 2.29. The first kappa shape index (κ1) is 15.6. The summed E-state index contributed by atoms with van der Waals surface area (Å²) in [5, 5.41) is 8.95. The van der Waals surface area contributed by atoms with E-state index in [0.29, 0.717) is 5.56 Å². The van der Waals surface area contributed by atoms with Crippen molar-refractivity contribution < 1.29 is 31.3 Å². The number of rotatable bonds is 6. The molecule has 19 heavy (non-hydrogen) atoms. The molecule has 0 fully saturated rings. The molecule has 0 spiro atoms. The van der Waals surface area contributed by atoms with Gasteiger partial charge in [0.05, 0.1) is 11.3 Å². The highest BCUT2D eigenvalue weighted by Crippen LogP contribution is 2.22. The Labute approximate surface area is 111 Å². The van der Waals surface area contributed by atoms with Crippen LogP contribution in [0.1, 0.15) is 15.9 Å². The molecule has 0 bridgehead atoms. The maximum Gasteiger partial charge on any atom is 0.337 e. The third-order valence-corrected chi connectivity index (χ3v) is 3.48. The van der Waals surface area contributed by atoms with E-state index in [2.05, 4.69) is 4.18 Å². The number of aromatic carboxylic acids is 1. The fraction of sp³-hybridized carbons (Fsp3) is 0.222. The molecule has 10 heteroatoms. The van der Waals surface area contributed by atoms with Crippen LogP contribution in [-0.4, -0.2) is 34.2 Å². The topological polar surface area (TPSA) is 130 Å². The molecular formula is C9H11NO7S2. The number of hydrogen-bond acceptors (Lipinski definition) is 5. The van der Waals surface area contributed by atoms with E-state index < -0.39 is 33.3 Å². The van der Waals surface area contributed by atoms with Gasteiger partial charge in [0.15, 0.2) is 5.94 Å². The van der Waals surface area contributed by atoms with Crippen molar-refractivity contribution in [3.05, 3.63) is 29.3 Å². The molecule has 0 saturated carbocycles. The summed E-state index contributed by atoms with van der Waals surface area (Å²) in [6.07, 6.45) is 0. The second-order valence-corrected chi connectivity index (χ2v) is 5.81. The van der Waals surface area contributed by atoms with Crippen molar-refractivity contribution in [2.75, 3.05) is 10.7 Å². The van der Waals surface area contributed by atoms with Crippen LogP contribution in [0, 0.1) is 6.92 Å². The van der Waals surface area contributed by atoms with Crippen LogP contribution in [0.5, 0.6) is 0 Å². The summed E-state index contributed by atoms with van der Waals surface area (Å²) in [4.78, 5) is 11.0. The first-order chi connectivity index (χ1) is 8.73. The Kier molecular flexibility index (Phi) is 5.00. The van der Waals surface area contributed by atoms with E-state index >= 15 is 0 Å². The van der Waals surface area contributed by atoms with Gasteiger partial charge in [-0.1, -0.05) is 12.1 Å². The van der Waals surface area contributed by atoms with E-state index in [-0.39, 0.29) is 11.3 Å². The Balaban J connectivity index is 3.05. The Hall–Kier alpha value is -1.49. The molecule has 3 N–H and O–H groups in total. The number of carboxylic acid groups (broad SMARTS) is 1. The third kappa shape index (κ3) is 4.59. The molecule has 1 rings (SSSR count). The highest BCUT2D eigenvalue weighted by atomic mass is 32.2. The van der Waals surface area contributed by atoms with Crippen LogP contribution in [0.25, 0.3) is 0 Å². The summed E-state index contributed by atoms with van der Waals surface area (Å²) < 4.78 is 47.8. The Morgan fingerprint density at radius 1 is 1.47 bits per heavy atom. The second kappa shape index (κ2) is 6.10. The zero-order valence-corrected chi connectivity index (χ0v) is 11.3. The summed E-state index contributed by atoms with van der Waals surface area (Å²) in [6.45, 7) is 1.52. The van der Waals surface area contributed by atoms with Gasteiger partial charge in [-0.25, -0.2) is 13.2 Å². The van der Waals surface area contributed by atoms with Crippen molar-refractivity contribution >= 4 is 33.0 Å². The largest absolute Gasteiger partial charge is 0.478 e. The van der Waals surface area contributed by atoms with E-state index in [1.54, 1.807) is 0 Å². The van der Waals surface area contributed by atoms with Gasteiger partial charge in [0, 0.05) is 0 Å². The molecule has 0 amide bonds. The van der Waals surface area contributed by atoms with Crippen molar-refractivity contribution in [3.8, 4) is 0 Å². The molecule has 0 aliphatic rings. The minimum atomic E-state index is -4.10. The lowest BCUT2D eigenvalue weighted by atomic mass is 10.1. The van der Waals surface area contributed by atoms with Gasteiger partial charge in [-0.05, 0) is 18.6 Å². The zero-order valence-electron chi connectivity index (χ0n) is 9.69. The van der Waals surface area contributed by atoms with Crippen LogP contribution in [0.3, 0.4) is 0 Å². The van der Waals surface area contributed by atoms with E-state index in [1.807, 2.05) is 4.72 Å². The smallest absolute Gasteiger partial charge is 0.337 e. The van der Waals surface area contributed by atoms with Gasteiger partial charge in [0.25, 0.3) is 10.0 Å². The molecule has 1 atom stereocenters. The maximum atomic E-state index is 11.6. The van der Waals surface area contributed by atoms with Crippen LogP contribution in [-0.2, 0) is 25.6 Å². The molecule has 0 saturated heterocycles. The maximum absolute atomic E-state index is 11.6. The van der Waals surface area contributed by atoms with Gasteiger partial charge in [0.2, 0.25) is 0 Å². The van der Waals surface area contributed by atoms with E-state index in [0.717, 1.165) is 0 Å². The molecule has 8 nitrogen and oxygen atoms in total. The number of carboxylic acids is 1. The summed E-state index contributed by atoms with van der Waals surface area (Å²) in [5.74, 6) is -2.36. The lowest BCUT2D eigenvalue weighted by Gasteiger charge is -2.12. The van der Waals surface area contributed by atoms with Crippen molar-refractivity contribution in [2.24, 2.45) is 0 Å². The predicted molar refractivity (Wildman–Crippen MR) is 67.4 cm³/mol.